The Balaban J connectivity index is 0.875. The van der Waals surface area contributed by atoms with Gasteiger partial charge in [0, 0.05) is 53.3 Å². The number of rotatable bonds is 9. The van der Waals surface area contributed by atoms with Crippen LogP contribution in [-0.2, 0) is 0 Å². The summed E-state index contributed by atoms with van der Waals surface area (Å²) >= 11 is 1.83. The molecule has 16 aromatic rings. The van der Waals surface area contributed by atoms with Crippen molar-refractivity contribution in [2.75, 3.05) is 0 Å². The molecule has 0 fully saturated rings. The lowest BCUT2D eigenvalue weighted by Crippen LogP contribution is -2.02. The van der Waals surface area contributed by atoms with Crippen LogP contribution in [0, 0.1) is 0 Å². The molecule has 0 amide bonds. The van der Waals surface area contributed by atoms with Gasteiger partial charge in [-0.05, 0) is 126 Å². The highest BCUT2D eigenvalue weighted by Gasteiger charge is 2.22. The third-order valence-electron chi connectivity index (χ3n) is 16.3. The van der Waals surface area contributed by atoms with E-state index >= 15 is 0 Å². The number of thiophene rings is 1. The Morgan fingerprint density at radius 3 is 1.28 bits per heavy atom. The van der Waals surface area contributed by atoms with E-state index in [1.165, 1.54) is 74.7 Å². The smallest absolute Gasteiger partial charge is 0.164 e. The lowest BCUT2D eigenvalue weighted by Gasteiger charge is -2.16. The molecule has 0 saturated heterocycles. The maximum Gasteiger partial charge on any atom is 0.164 e. The fraction of sp³-hybridized carbons (Fsp3) is 0. The molecule has 0 atom stereocenters. The Labute approximate surface area is 478 Å². The Morgan fingerprint density at radius 2 is 0.695 bits per heavy atom. The van der Waals surface area contributed by atoms with Gasteiger partial charge >= 0.3 is 0 Å². The van der Waals surface area contributed by atoms with E-state index in [0.29, 0.717) is 17.5 Å². The first-order valence-electron chi connectivity index (χ1n) is 27.8. The summed E-state index contributed by atoms with van der Waals surface area (Å²) in [6.07, 6.45) is 0. The van der Waals surface area contributed by atoms with Gasteiger partial charge in [0.25, 0.3) is 0 Å². The van der Waals surface area contributed by atoms with Gasteiger partial charge < -0.3 is 4.57 Å². The number of fused-ring (bicyclic) bond motifs is 9. The van der Waals surface area contributed by atoms with Crippen molar-refractivity contribution in [2.45, 2.75) is 0 Å². The molecule has 82 heavy (non-hydrogen) atoms. The number of nitrogens with zero attached hydrogens (tertiary/aromatic N) is 4. The average molecular weight is 1060 g/mol. The van der Waals surface area contributed by atoms with E-state index in [4.69, 9.17) is 15.0 Å². The minimum absolute atomic E-state index is 0.596. The van der Waals surface area contributed by atoms with Gasteiger partial charge in [-0.25, -0.2) is 15.0 Å². The lowest BCUT2D eigenvalue weighted by atomic mass is 9.96. The van der Waals surface area contributed by atoms with Crippen molar-refractivity contribution in [1.82, 2.24) is 19.5 Å². The minimum Gasteiger partial charge on any atom is -0.309 e. The molecule has 0 aliphatic carbocycles. The van der Waals surface area contributed by atoms with Gasteiger partial charge in [-0.2, -0.15) is 0 Å². The van der Waals surface area contributed by atoms with Crippen LogP contribution < -0.4 is 0 Å². The molecule has 5 heteroatoms. The molecule has 0 radical (unpaired) electrons. The van der Waals surface area contributed by atoms with Crippen molar-refractivity contribution in [2.24, 2.45) is 0 Å². The maximum atomic E-state index is 5.46. The summed E-state index contributed by atoms with van der Waals surface area (Å²) in [6.45, 7) is 0. The van der Waals surface area contributed by atoms with Gasteiger partial charge in [-0.1, -0.05) is 243 Å². The molecule has 3 aromatic heterocycles. The molecule has 3 heterocycles. The zero-order chi connectivity index (χ0) is 54.1. The lowest BCUT2D eigenvalue weighted by molar-refractivity contribution is 1.07. The minimum atomic E-state index is 0.596. The second-order valence-electron chi connectivity index (χ2n) is 21.1. The van der Waals surface area contributed by atoms with Crippen molar-refractivity contribution >= 4 is 74.9 Å². The van der Waals surface area contributed by atoms with Gasteiger partial charge in [0.15, 0.2) is 17.5 Å². The number of hydrogen-bond donors (Lipinski definition) is 0. The van der Waals surface area contributed by atoms with Crippen LogP contribution in [0.15, 0.2) is 291 Å². The van der Waals surface area contributed by atoms with Crippen LogP contribution in [0.2, 0.25) is 0 Å². The fourth-order valence-electron chi connectivity index (χ4n) is 12.1. The Bertz CT molecular complexity index is 4960. The van der Waals surface area contributed by atoms with Crippen LogP contribution >= 0.6 is 11.3 Å². The van der Waals surface area contributed by atoms with Crippen LogP contribution in [0.1, 0.15) is 0 Å². The molecule has 0 spiro atoms. The first kappa shape index (κ1) is 47.4. The summed E-state index contributed by atoms with van der Waals surface area (Å²) in [7, 11) is 0. The highest BCUT2D eigenvalue weighted by Crippen LogP contribution is 2.43. The quantitative estimate of drug-likeness (QED) is 0.145. The summed E-state index contributed by atoms with van der Waals surface area (Å²) in [5.41, 5.74) is 17.5. The summed E-state index contributed by atoms with van der Waals surface area (Å²) in [5, 5.41) is 9.85. The van der Waals surface area contributed by atoms with Gasteiger partial charge in [-0.15, -0.1) is 11.3 Å². The molecule has 0 bridgehead atoms. The zero-order valence-corrected chi connectivity index (χ0v) is 45.2. The van der Waals surface area contributed by atoms with Crippen molar-refractivity contribution in [1.29, 1.82) is 0 Å². The molecule has 16 rings (SSSR count). The van der Waals surface area contributed by atoms with Crippen molar-refractivity contribution < 1.29 is 0 Å². The highest BCUT2D eigenvalue weighted by atomic mass is 32.1. The topological polar surface area (TPSA) is 43.6 Å². The SMILES string of the molecule is c1ccc(-c2ccc(-c3ccc(-c4nc(-c5ccc(-c6ccc(-c7ccccc7)cc6)cc5)nc(-c5ccc(-n6c7cc8ccccc8cc7c7c8ccccc8ccc76)cc5-c5ccc6c(c5)sc5ccccc56)n4)cc3)cc2)cc1. The third kappa shape index (κ3) is 8.34. The maximum absolute atomic E-state index is 5.46. The normalized spacial score (nSPS) is 11.7. The predicted octanol–water partition coefficient (Wildman–Crippen LogP) is 21.0. The summed E-state index contributed by atoms with van der Waals surface area (Å²) < 4.78 is 4.95. The molecule has 4 nitrogen and oxygen atoms in total. The largest absolute Gasteiger partial charge is 0.309 e. The van der Waals surface area contributed by atoms with Crippen molar-refractivity contribution in [3.05, 3.63) is 291 Å². The van der Waals surface area contributed by atoms with E-state index in [0.717, 1.165) is 66.8 Å². The zero-order valence-electron chi connectivity index (χ0n) is 44.4. The van der Waals surface area contributed by atoms with Gasteiger partial charge in [0.05, 0.1) is 11.0 Å². The molecule has 0 saturated carbocycles. The Hall–Kier alpha value is -10.6. The molecule has 382 valence electrons. The monoisotopic (exact) mass is 1060 g/mol. The second kappa shape index (κ2) is 19.6. The molecule has 0 aliphatic heterocycles. The molecule has 0 unspecified atom stereocenters. The van der Waals surface area contributed by atoms with Crippen LogP contribution in [0.3, 0.4) is 0 Å². The molecule has 0 N–H and O–H groups in total. The van der Waals surface area contributed by atoms with Crippen molar-refractivity contribution in [3.8, 4) is 95.5 Å². The molecular formula is C77H48N4S. The van der Waals surface area contributed by atoms with E-state index in [1.54, 1.807) is 0 Å². The molecular weight excluding hydrogens is 1010 g/mol. The summed E-state index contributed by atoms with van der Waals surface area (Å²) in [6, 6.07) is 105. The Morgan fingerprint density at radius 1 is 0.244 bits per heavy atom. The summed E-state index contributed by atoms with van der Waals surface area (Å²) in [4.78, 5) is 16.2. The Kier molecular flexibility index (Phi) is 11.4. The summed E-state index contributed by atoms with van der Waals surface area (Å²) in [5.74, 6) is 1.80. The standard InChI is InChI=1S/C77H48N4S/c1-3-13-49(14-4-1)51-23-27-53(28-24-51)55-31-35-58(36-32-55)75-78-76(59-37-33-56(34-38-59)54-29-25-52(26-30-54)50-15-5-2-6-16-50)80-77(79-75)67-43-41-63(48-68(67)62-39-42-66-65-21-11-12-22-72(65)82-73(66)47-62)81-70-44-40-57-17-9-10-20-64(57)74(70)69-45-60-18-7-8-19-61(60)46-71(69)81/h1-48H. The highest BCUT2D eigenvalue weighted by molar-refractivity contribution is 7.25. The van der Waals surface area contributed by atoms with Gasteiger partial charge in [-0.3, -0.25) is 0 Å². The fourth-order valence-corrected chi connectivity index (χ4v) is 13.2. The van der Waals surface area contributed by atoms with Crippen LogP contribution in [0.25, 0.3) is 159 Å². The number of aromatic nitrogens is 4. The van der Waals surface area contributed by atoms with E-state index in [9.17, 15) is 0 Å². The van der Waals surface area contributed by atoms with Crippen LogP contribution in [0.4, 0.5) is 0 Å². The second-order valence-corrected chi connectivity index (χ2v) is 22.2. The number of benzene rings is 13. The van der Waals surface area contributed by atoms with E-state index in [-0.39, 0.29) is 0 Å². The average Bonchev–Trinajstić information content (AvgIpc) is 3.90. The first-order valence-corrected chi connectivity index (χ1v) is 28.6. The first-order chi connectivity index (χ1) is 40.6. The number of hydrogen-bond acceptors (Lipinski definition) is 4. The molecule has 0 aliphatic rings. The predicted molar refractivity (Wildman–Crippen MR) is 346 cm³/mol. The van der Waals surface area contributed by atoms with Gasteiger partial charge in [0.2, 0.25) is 0 Å². The van der Waals surface area contributed by atoms with E-state index in [1.807, 2.05) is 11.3 Å². The van der Waals surface area contributed by atoms with Crippen LogP contribution in [-0.4, -0.2) is 19.5 Å². The molecule has 13 aromatic carbocycles. The van der Waals surface area contributed by atoms with E-state index < -0.39 is 0 Å². The van der Waals surface area contributed by atoms with Crippen LogP contribution in [0.5, 0.6) is 0 Å². The van der Waals surface area contributed by atoms with Gasteiger partial charge in [0.1, 0.15) is 0 Å². The van der Waals surface area contributed by atoms with E-state index in [2.05, 4.69) is 296 Å². The van der Waals surface area contributed by atoms with Crippen molar-refractivity contribution in [3.63, 3.8) is 0 Å². The third-order valence-corrected chi connectivity index (χ3v) is 17.4.